The van der Waals surface area contributed by atoms with E-state index >= 15 is 0 Å². The maximum Gasteiger partial charge on any atom is 0.331 e. The quantitative estimate of drug-likeness (QED) is 0.684. The lowest BCUT2D eigenvalue weighted by atomic mass is 10.9. The lowest BCUT2D eigenvalue weighted by Crippen LogP contribution is -2.31. The highest BCUT2D eigenvalue weighted by atomic mass is 28.4. The molecule has 0 heterocycles. The van der Waals surface area contributed by atoms with Gasteiger partial charge in [0.05, 0.1) is 0 Å². The monoisotopic (exact) mass is 224 g/mol. The predicted octanol–water partition coefficient (Wildman–Crippen LogP) is 1.99. The molecule has 0 aromatic heterocycles. The van der Waals surface area contributed by atoms with Gasteiger partial charge in [-0.3, -0.25) is 0 Å². The molecule has 0 aliphatic carbocycles. The Kier molecular flexibility index (Phi) is 10.8. The highest BCUT2D eigenvalue weighted by Crippen LogP contribution is 1.99. The third kappa shape index (κ3) is 15.1. The zero-order valence-corrected chi connectivity index (χ0v) is 12.2. The minimum absolute atomic E-state index is 0.671. The Morgan fingerprint density at radius 2 is 1.46 bits per heavy atom. The molecule has 0 saturated carbocycles. The fourth-order valence-electron chi connectivity index (χ4n) is 0.417. The van der Waals surface area contributed by atoms with Crippen molar-refractivity contribution in [3.05, 3.63) is 0 Å². The van der Waals surface area contributed by atoms with Crippen molar-refractivity contribution >= 4 is 17.6 Å². The molecule has 0 aliphatic rings. The van der Waals surface area contributed by atoms with Crippen LogP contribution in [0.4, 0.5) is 0 Å². The largest absolute Gasteiger partial charge is 0.421 e. The third-order valence-corrected chi connectivity index (χ3v) is 4.45. The molecule has 0 amide bonds. The Morgan fingerprint density at radius 3 is 1.46 bits per heavy atom. The van der Waals surface area contributed by atoms with E-state index < -0.39 is 17.6 Å². The fourth-order valence-corrected chi connectivity index (χ4v) is 1.25. The van der Waals surface area contributed by atoms with Crippen LogP contribution in [0.25, 0.3) is 0 Å². The van der Waals surface area contributed by atoms with Crippen LogP contribution in [0.5, 0.6) is 0 Å². The summed E-state index contributed by atoms with van der Waals surface area (Å²) in [6, 6.07) is 0. The lowest BCUT2D eigenvalue weighted by Gasteiger charge is -2.15. The van der Waals surface area contributed by atoms with Gasteiger partial charge in [-0.25, -0.2) is 0 Å². The molecular weight excluding hydrogens is 200 g/mol. The van der Waals surface area contributed by atoms with Crippen molar-refractivity contribution in [3.63, 3.8) is 0 Å². The van der Waals surface area contributed by atoms with Crippen LogP contribution in [0.2, 0.25) is 26.2 Å². The highest BCUT2D eigenvalue weighted by Gasteiger charge is 2.19. The van der Waals surface area contributed by atoms with E-state index in [2.05, 4.69) is 13.1 Å². The predicted molar refractivity (Wildman–Crippen MR) is 62.0 cm³/mol. The van der Waals surface area contributed by atoms with Crippen molar-refractivity contribution in [1.82, 2.24) is 0 Å². The molecule has 0 aromatic carbocycles. The maximum absolute atomic E-state index is 5.18. The molecule has 0 aliphatic heterocycles. The van der Waals surface area contributed by atoms with Gasteiger partial charge in [0, 0.05) is 20.8 Å². The second-order valence-electron chi connectivity index (χ2n) is 3.31. The standard InChI is InChI=1S/C4H12O2Si.C4H12OSi/c1-5-7(3,4)6-2;1-4-5-6(2)3/h1-4H3;6H,4H2,1-3H3. The van der Waals surface area contributed by atoms with Gasteiger partial charge in [-0.05, 0) is 33.1 Å². The molecule has 0 rings (SSSR count). The van der Waals surface area contributed by atoms with Gasteiger partial charge in [-0.15, -0.1) is 0 Å². The molecule has 82 valence electrons. The molecule has 0 saturated heterocycles. The van der Waals surface area contributed by atoms with E-state index in [0.29, 0.717) is 0 Å². The van der Waals surface area contributed by atoms with E-state index in [-0.39, 0.29) is 0 Å². The third-order valence-electron chi connectivity index (χ3n) is 1.48. The summed E-state index contributed by atoms with van der Waals surface area (Å²) >= 11 is 0. The van der Waals surface area contributed by atoms with Gasteiger partial charge >= 0.3 is 8.56 Å². The highest BCUT2D eigenvalue weighted by molar-refractivity contribution is 6.64. The Bertz CT molecular complexity index is 102. The lowest BCUT2D eigenvalue weighted by molar-refractivity contribution is 0.258. The smallest absolute Gasteiger partial charge is 0.331 e. The van der Waals surface area contributed by atoms with Gasteiger partial charge in [0.15, 0.2) is 9.04 Å². The summed E-state index contributed by atoms with van der Waals surface area (Å²) < 4.78 is 15.2. The normalized spacial score (nSPS) is 11.1. The SMILES string of the molecule is CCO[SiH](C)C.CO[Si](C)(C)OC. The molecule has 5 heteroatoms. The molecule has 0 fully saturated rings. The molecule has 0 N–H and O–H groups in total. The van der Waals surface area contributed by atoms with E-state index in [9.17, 15) is 0 Å². The first-order chi connectivity index (χ1) is 5.89. The van der Waals surface area contributed by atoms with Crippen molar-refractivity contribution in [2.75, 3.05) is 20.8 Å². The first kappa shape index (κ1) is 15.8. The summed E-state index contributed by atoms with van der Waals surface area (Å²) in [4.78, 5) is 0. The molecule has 0 radical (unpaired) electrons. The van der Waals surface area contributed by atoms with Crippen molar-refractivity contribution in [3.8, 4) is 0 Å². The second kappa shape index (κ2) is 8.89. The molecule has 0 bridgehead atoms. The Hall–Kier alpha value is 0.314. The molecule has 13 heavy (non-hydrogen) atoms. The fraction of sp³-hybridized carbons (Fsp3) is 1.00. The topological polar surface area (TPSA) is 27.7 Å². The summed E-state index contributed by atoms with van der Waals surface area (Å²) in [7, 11) is 1.03. The minimum Gasteiger partial charge on any atom is -0.421 e. The Morgan fingerprint density at radius 1 is 1.08 bits per heavy atom. The van der Waals surface area contributed by atoms with Gasteiger partial charge in [-0.2, -0.15) is 0 Å². The summed E-state index contributed by atoms with van der Waals surface area (Å²) in [5, 5.41) is 0. The molecule has 0 aromatic rings. The van der Waals surface area contributed by atoms with Crippen LogP contribution >= 0.6 is 0 Å². The van der Waals surface area contributed by atoms with E-state index in [0.717, 1.165) is 6.61 Å². The van der Waals surface area contributed by atoms with E-state index in [1.807, 2.05) is 20.0 Å². The van der Waals surface area contributed by atoms with Gasteiger partial charge in [0.1, 0.15) is 0 Å². The van der Waals surface area contributed by atoms with Crippen molar-refractivity contribution in [1.29, 1.82) is 0 Å². The van der Waals surface area contributed by atoms with Crippen molar-refractivity contribution < 1.29 is 13.3 Å². The molecule has 0 spiro atoms. The van der Waals surface area contributed by atoms with Gasteiger partial charge < -0.3 is 13.3 Å². The second-order valence-corrected chi connectivity index (χ2v) is 9.36. The van der Waals surface area contributed by atoms with Crippen LogP contribution < -0.4 is 0 Å². The van der Waals surface area contributed by atoms with Crippen LogP contribution in [0.3, 0.4) is 0 Å². The first-order valence-corrected chi connectivity index (χ1v) is 10.2. The van der Waals surface area contributed by atoms with E-state index in [1.54, 1.807) is 14.2 Å². The van der Waals surface area contributed by atoms with Crippen LogP contribution in [0.1, 0.15) is 6.92 Å². The van der Waals surface area contributed by atoms with Gasteiger partial charge in [0.25, 0.3) is 0 Å². The zero-order valence-electron chi connectivity index (χ0n) is 10.0. The molecule has 0 atom stereocenters. The van der Waals surface area contributed by atoms with Gasteiger partial charge in [-0.1, -0.05) is 0 Å². The molecule has 0 unspecified atom stereocenters. The van der Waals surface area contributed by atoms with E-state index in [1.165, 1.54) is 0 Å². The summed E-state index contributed by atoms with van der Waals surface area (Å²) in [6.07, 6.45) is 0. The number of hydrogen-bond acceptors (Lipinski definition) is 3. The van der Waals surface area contributed by atoms with Crippen LogP contribution in [0, 0.1) is 0 Å². The maximum atomic E-state index is 5.18. The summed E-state index contributed by atoms with van der Waals surface area (Å²) in [5.74, 6) is 0. The molecular formula is C8H24O3Si2. The first-order valence-electron chi connectivity index (χ1n) is 4.61. The van der Waals surface area contributed by atoms with Crippen molar-refractivity contribution in [2.24, 2.45) is 0 Å². The molecule has 3 nitrogen and oxygen atoms in total. The van der Waals surface area contributed by atoms with Crippen LogP contribution in [-0.2, 0) is 13.3 Å². The van der Waals surface area contributed by atoms with Crippen molar-refractivity contribution in [2.45, 2.75) is 33.1 Å². The average molecular weight is 224 g/mol. The van der Waals surface area contributed by atoms with Gasteiger partial charge in [0.2, 0.25) is 0 Å². The Balaban J connectivity index is 0. The zero-order chi connectivity index (χ0) is 10.9. The average Bonchev–Trinajstić information content (AvgIpc) is 2.05. The Labute approximate surface area is 85.4 Å². The number of hydrogen-bond donors (Lipinski definition) is 0. The van der Waals surface area contributed by atoms with Crippen LogP contribution in [-0.4, -0.2) is 38.4 Å². The van der Waals surface area contributed by atoms with Crippen LogP contribution in [0.15, 0.2) is 0 Å². The minimum atomic E-state index is -1.65. The number of rotatable bonds is 4. The van der Waals surface area contributed by atoms with E-state index in [4.69, 9.17) is 13.3 Å². The summed E-state index contributed by atoms with van der Waals surface area (Å²) in [6.45, 7) is 11.3. The summed E-state index contributed by atoms with van der Waals surface area (Å²) in [5.41, 5.74) is 0.